The molecule has 0 aliphatic carbocycles. The average molecular weight is 306 g/mol. The summed E-state index contributed by atoms with van der Waals surface area (Å²) in [6.45, 7) is 5.28. The Bertz CT molecular complexity index is 466. The Morgan fingerprint density at radius 3 is 2.82 bits per heavy atom. The van der Waals surface area contributed by atoms with Gasteiger partial charge in [-0.05, 0) is 32.3 Å². The van der Waals surface area contributed by atoms with E-state index in [-0.39, 0.29) is 30.8 Å². The lowest BCUT2D eigenvalue weighted by molar-refractivity contribution is -0.0322. The number of hydrogen-bond donors (Lipinski definition) is 2. The van der Waals surface area contributed by atoms with E-state index in [4.69, 9.17) is 9.84 Å². The predicted octanol–water partition coefficient (Wildman–Crippen LogP) is 2.32. The van der Waals surface area contributed by atoms with Crippen LogP contribution in [0, 0.1) is 0 Å². The number of nitrogens with zero attached hydrogens (tertiary/aromatic N) is 1. The molecule has 0 radical (unpaired) electrons. The van der Waals surface area contributed by atoms with Crippen LogP contribution in [0.15, 0.2) is 30.3 Å². The van der Waals surface area contributed by atoms with Gasteiger partial charge in [0.05, 0.1) is 24.8 Å². The van der Waals surface area contributed by atoms with E-state index in [2.05, 4.69) is 5.32 Å². The minimum atomic E-state index is -0.0776. The lowest BCUT2D eigenvalue weighted by Crippen LogP contribution is -2.54. The van der Waals surface area contributed by atoms with Gasteiger partial charge in [0.15, 0.2) is 0 Å². The Hall–Kier alpha value is -1.59. The summed E-state index contributed by atoms with van der Waals surface area (Å²) in [6, 6.07) is 9.84. The van der Waals surface area contributed by atoms with Gasteiger partial charge in [-0.25, -0.2) is 4.79 Å². The number of nitrogens with one attached hydrogen (secondary N) is 1. The second-order valence-electron chi connectivity index (χ2n) is 5.92. The van der Waals surface area contributed by atoms with Crippen LogP contribution in [0.5, 0.6) is 0 Å². The SMILES string of the molecule is CC1CN(C(=O)NC(CCCO)c2ccccc2)C(C)CO1. The van der Waals surface area contributed by atoms with Crippen molar-refractivity contribution >= 4 is 6.03 Å². The monoisotopic (exact) mass is 306 g/mol. The topological polar surface area (TPSA) is 61.8 Å². The van der Waals surface area contributed by atoms with Crippen molar-refractivity contribution in [2.75, 3.05) is 19.8 Å². The number of aliphatic hydroxyl groups is 1. The first-order chi connectivity index (χ1) is 10.6. The second kappa shape index (κ2) is 8.15. The third-order valence-electron chi connectivity index (χ3n) is 4.02. The maximum Gasteiger partial charge on any atom is 0.318 e. The molecule has 5 heteroatoms. The molecule has 0 spiro atoms. The molecule has 122 valence electrons. The minimum Gasteiger partial charge on any atom is -0.396 e. The Balaban J connectivity index is 2.04. The van der Waals surface area contributed by atoms with Crippen molar-refractivity contribution in [3.8, 4) is 0 Å². The van der Waals surface area contributed by atoms with Gasteiger partial charge in [-0.15, -0.1) is 0 Å². The van der Waals surface area contributed by atoms with Crippen LogP contribution in [0.1, 0.15) is 38.3 Å². The zero-order chi connectivity index (χ0) is 15.9. The second-order valence-corrected chi connectivity index (χ2v) is 5.92. The van der Waals surface area contributed by atoms with Crippen LogP contribution in [0.2, 0.25) is 0 Å². The molecule has 2 N–H and O–H groups in total. The van der Waals surface area contributed by atoms with E-state index in [0.29, 0.717) is 19.6 Å². The van der Waals surface area contributed by atoms with Crippen LogP contribution in [0.4, 0.5) is 4.79 Å². The molecule has 1 heterocycles. The molecule has 1 aliphatic heterocycles. The van der Waals surface area contributed by atoms with E-state index in [0.717, 1.165) is 12.0 Å². The highest BCUT2D eigenvalue weighted by molar-refractivity contribution is 5.75. The van der Waals surface area contributed by atoms with Crippen molar-refractivity contribution in [3.05, 3.63) is 35.9 Å². The zero-order valence-electron chi connectivity index (χ0n) is 13.4. The first-order valence-corrected chi connectivity index (χ1v) is 7.96. The van der Waals surface area contributed by atoms with E-state index < -0.39 is 0 Å². The predicted molar refractivity (Wildman–Crippen MR) is 85.6 cm³/mol. The molecule has 3 unspecified atom stereocenters. The fraction of sp³-hybridized carbons (Fsp3) is 0.588. The Kier molecular flexibility index (Phi) is 6.21. The summed E-state index contributed by atoms with van der Waals surface area (Å²) < 4.78 is 5.57. The normalized spacial score (nSPS) is 23.1. The molecule has 22 heavy (non-hydrogen) atoms. The highest BCUT2D eigenvalue weighted by Crippen LogP contribution is 2.20. The molecule has 1 saturated heterocycles. The van der Waals surface area contributed by atoms with Crippen molar-refractivity contribution in [3.63, 3.8) is 0 Å². The number of benzene rings is 1. The lowest BCUT2D eigenvalue weighted by Gasteiger charge is -2.37. The van der Waals surface area contributed by atoms with E-state index >= 15 is 0 Å². The molecule has 3 atom stereocenters. The number of amides is 2. The van der Waals surface area contributed by atoms with Gasteiger partial charge >= 0.3 is 6.03 Å². The zero-order valence-corrected chi connectivity index (χ0v) is 13.4. The molecular weight excluding hydrogens is 280 g/mol. The Morgan fingerprint density at radius 2 is 2.14 bits per heavy atom. The molecule has 2 amide bonds. The number of urea groups is 1. The van der Waals surface area contributed by atoms with Gasteiger partial charge in [-0.3, -0.25) is 0 Å². The van der Waals surface area contributed by atoms with Crippen molar-refractivity contribution in [1.29, 1.82) is 0 Å². The summed E-state index contributed by atoms with van der Waals surface area (Å²) in [5, 5.41) is 12.2. The molecular formula is C17H26N2O3. The fourth-order valence-electron chi connectivity index (χ4n) is 2.72. The van der Waals surface area contributed by atoms with Crippen LogP contribution in [0.25, 0.3) is 0 Å². The fourth-order valence-corrected chi connectivity index (χ4v) is 2.72. The standard InChI is InChI=1S/C17H26N2O3/c1-13-12-22-14(2)11-19(13)17(21)18-16(9-6-10-20)15-7-4-3-5-8-15/h3-5,7-8,13-14,16,20H,6,9-12H2,1-2H3,(H,18,21). The molecule has 0 bridgehead atoms. The third kappa shape index (κ3) is 4.45. The van der Waals surface area contributed by atoms with E-state index in [1.165, 1.54) is 0 Å². The number of ether oxygens (including phenoxy) is 1. The Morgan fingerprint density at radius 1 is 1.41 bits per heavy atom. The van der Waals surface area contributed by atoms with Crippen LogP contribution >= 0.6 is 0 Å². The molecule has 1 aliphatic rings. The smallest absolute Gasteiger partial charge is 0.318 e. The van der Waals surface area contributed by atoms with Crippen LogP contribution in [-0.4, -0.2) is 47.9 Å². The molecule has 0 saturated carbocycles. The van der Waals surface area contributed by atoms with E-state index in [1.807, 2.05) is 49.1 Å². The number of carbonyl (C=O) groups excluding carboxylic acids is 1. The van der Waals surface area contributed by atoms with Gasteiger partial charge in [0.25, 0.3) is 0 Å². The largest absolute Gasteiger partial charge is 0.396 e. The third-order valence-corrected chi connectivity index (χ3v) is 4.02. The summed E-state index contributed by atoms with van der Waals surface area (Å²) in [7, 11) is 0. The molecule has 1 aromatic carbocycles. The highest BCUT2D eigenvalue weighted by atomic mass is 16.5. The van der Waals surface area contributed by atoms with Gasteiger partial charge < -0.3 is 20.1 Å². The maximum absolute atomic E-state index is 12.6. The van der Waals surface area contributed by atoms with E-state index in [9.17, 15) is 4.79 Å². The van der Waals surface area contributed by atoms with Crippen molar-refractivity contribution in [2.45, 2.75) is 44.9 Å². The summed E-state index contributed by atoms with van der Waals surface area (Å²) in [5.41, 5.74) is 1.07. The van der Waals surface area contributed by atoms with Gasteiger partial charge in [-0.1, -0.05) is 30.3 Å². The number of hydrogen-bond acceptors (Lipinski definition) is 3. The quantitative estimate of drug-likeness (QED) is 0.877. The number of rotatable bonds is 5. The molecule has 1 aromatic rings. The molecule has 0 aromatic heterocycles. The molecule has 5 nitrogen and oxygen atoms in total. The lowest BCUT2D eigenvalue weighted by atomic mass is 10.0. The first-order valence-electron chi connectivity index (χ1n) is 7.96. The minimum absolute atomic E-state index is 0.0607. The summed E-state index contributed by atoms with van der Waals surface area (Å²) >= 11 is 0. The molecule has 1 fully saturated rings. The van der Waals surface area contributed by atoms with Crippen LogP contribution in [-0.2, 0) is 4.74 Å². The summed E-state index contributed by atoms with van der Waals surface area (Å²) in [6.07, 6.45) is 1.45. The van der Waals surface area contributed by atoms with Crippen molar-refractivity contribution < 1.29 is 14.6 Å². The van der Waals surface area contributed by atoms with Crippen molar-refractivity contribution in [2.24, 2.45) is 0 Å². The number of morpholine rings is 1. The van der Waals surface area contributed by atoms with Crippen LogP contribution in [0.3, 0.4) is 0 Å². The summed E-state index contributed by atoms with van der Waals surface area (Å²) in [5.74, 6) is 0. The van der Waals surface area contributed by atoms with Crippen LogP contribution < -0.4 is 5.32 Å². The van der Waals surface area contributed by atoms with Crippen molar-refractivity contribution in [1.82, 2.24) is 10.2 Å². The number of carbonyl (C=O) groups is 1. The van der Waals surface area contributed by atoms with Gasteiger partial charge in [0.1, 0.15) is 0 Å². The molecule has 2 rings (SSSR count). The number of aliphatic hydroxyl groups excluding tert-OH is 1. The van der Waals surface area contributed by atoms with Gasteiger partial charge in [0, 0.05) is 13.2 Å². The summed E-state index contributed by atoms with van der Waals surface area (Å²) in [4.78, 5) is 14.4. The highest BCUT2D eigenvalue weighted by Gasteiger charge is 2.28. The Labute approximate surface area is 132 Å². The van der Waals surface area contributed by atoms with E-state index in [1.54, 1.807) is 0 Å². The average Bonchev–Trinajstić information content (AvgIpc) is 2.54. The van der Waals surface area contributed by atoms with Gasteiger partial charge in [0.2, 0.25) is 0 Å². The first kappa shape index (κ1) is 16.8. The maximum atomic E-state index is 12.6. The van der Waals surface area contributed by atoms with Gasteiger partial charge in [-0.2, -0.15) is 0 Å².